The van der Waals surface area contributed by atoms with Crippen LogP contribution in [0.4, 0.5) is 0 Å². The van der Waals surface area contributed by atoms with E-state index in [4.69, 9.17) is 4.98 Å². The predicted octanol–water partition coefficient (Wildman–Crippen LogP) is 3.62. The molecule has 0 aromatic carbocycles. The van der Waals surface area contributed by atoms with Gasteiger partial charge in [0.05, 0.1) is 5.39 Å². The molecule has 0 spiro atoms. The molecule has 106 valence electrons. The van der Waals surface area contributed by atoms with Gasteiger partial charge in [0.2, 0.25) is 0 Å². The summed E-state index contributed by atoms with van der Waals surface area (Å²) < 4.78 is 1.96. The van der Waals surface area contributed by atoms with Gasteiger partial charge in [0, 0.05) is 17.8 Å². The molecule has 2 aromatic rings. The quantitative estimate of drug-likeness (QED) is 0.742. The first-order valence-corrected chi connectivity index (χ1v) is 8.62. The third kappa shape index (κ3) is 1.77. The van der Waals surface area contributed by atoms with Crippen molar-refractivity contribution in [1.82, 2.24) is 9.55 Å². The minimum Gasteiger partial charge on any atom is -0.296 e. The summed E-state index contributed by atoms with van der Waals surface area (Å²) in [5.74, 6) is 1.54. The topological polar surface area (TPSA) is 34.9 Å². The van der Waals surface area contributed by atoms with E-state index in [1.807, 2.05) is 4.57 Å². The Morgan fingerprint density at radius 3 is 3.00 bits per heavy atom. The number of hydrogen-bond donors (Lipinski definition) is 0. The lowest BCUT2D eigenvalue weighted by atomic mass is 9.88. The molecule has 0 bridgehead atoms. The van der Waals surface area contributed by atoms with Crippen LogP contribution in [-0.4, -0.2) is 9.55 Å². The van der Waals surface area contributed by atoms with Crippen LogP contribution in [0.25, 0.3) is 10.2 Å². The SMILES string of the molecule is CC1CCCc2sc3nc4n(c(=O)c3c21)CCCCC4. The molecule has 0 N–H and O–H groups in total. The highest BCUT2D eigenvalue weighted by Crippen LogP contribution is 2.40. The Bertz CT molecular complexity index is 728. The highest BCUT2D eigenvalue weighted by Gasteiger charge is 2.26. The van der Waals surface area contributed by atoms with E-state index in [1.165, 1.54) is 36.1 Å². The molecule has 4 heteroatoms. The molecular weight excluding hydrogens is 268 g/mol. The van der Waals surface area contributed by atoms with Crippen molar-refractivity contribution >= 4 is 21.6 Å². The molecule has 20 heavy (non-hydrogen) atoms. The number of rotatable bonds is 0. The van der Waals surface area contributed by atoms with Gasteiger partial charge in [-0.3, -0.25) is 9.36 Å². The van der Waals surface area contributed by atoms with Gasteiger partial charge in [0.15, 0.2) is 0 Å². The molecule has 2 aliphatic rings. The van der Waals surface area contributed by atoms with Crippen molar-refractivity contribution in [2.75, 3.05) is 0 Å². The Hall–Kier alpha value is -1.16. The summed E-state index contributed by atoms with van der Waals surface area (Å²) in [5.41, 5.74) is 1.56. The molecule has 4 rings (SSSR count). The first kappa shape index (κ1) is 12.6. The first-order valence-electron chi connectivity index (χ1n) is 7.80. The van der Waals surface area contributed by atoms with Gasteiger partial charge >= 0.3 is 0 Å². The highest BCUT2D eigenvalue weighted by atomic mass is 32.1. The standard InChI is InChI=1S/C16H20N2OS/c1-10-6-5-7-11-13(10)14-15(20-11)17-12-8-3-2-4-9-18(12)16(14)19/h10H,2-9H2,1H3. The Balaban J connectivity index is 2.04. The van der Waals surface area contributed by atoms with Gasteiger partial charge in [-0.15, -0.1) is 11.3 Å². The van der Waals surface area contributed by atoms with Crippen molar-refractivity contribution < 1.29 is 0 Å². The zero-order valence-electron chi connectivity index (χ0n) is 11.9. The summed E-state index contributed by atoms with van der Waals surface area (Å²) in [6, 6.07) is 0. The molecule has 0 saturated carbocycles. The molecule has 0 fully saturated rings. The average molecular weight is 288 g/mol. The van der Waals surface area contributed by atoms with Crippen LogP contribution in [-0.2, 0) is 19.4 Å². The van der Waals surface area contributed by atoms with Gasteiger partial charge in [-0.1, -0.05) is 13.3 Å². The van der Waals surface area contributed by atoms with Crippen LogP contribution in [0.5, 0.6) is 0 Å². The maximum atomic E-state index is 12.9. The number of thiophene rings is 1. The first-order chi connectivity index (χ1) is 9.75. The zero-order chi connectivity index (χ0) is 13.7. The molecule has 1 atom stereocenters. The number of aryl methyl sites for hydroxylation is 2. The third-order valence-corrected chi connectivity index (χ3v) is 5.98. The lowest BCUT2D eigenvalue weighted by Gasteiger charge is -2.18. The highest BCUT2D eigenvalue weighted by molar-refractivity contribution is 7.18. The second kappa shape index (κ2) is 4.69. The summed E-state index contributed by atoms with van der Waals surface area (Å²) in [5, 5.41) is 0.947. The Kier molecular flexibility index (Phi) is 2.95. The summed E-state index contributed by atoms with van der Waals surface area (Å²) >= 11 is 1.77. The van der Waals surface area contributed by atoms with Crippen molar-refractivity contribution in [1.29, 1.82) is 0 Å². The fourth-order valence-electron chi connectivity index (χ4n) is 3.76. The van der Waals surface area contributed by atoms with Gasteiger partial charge in [0.25, 0.3) is 5.56 Å². The smallest absolute Gasteiger partial charge is 0.262 e. The lowest BCUT2D eigenvalue weighted by Crippen LogP contribution is -2.25. The van der Waals surface area contributed by atoms with E-state index in [2.05, 4.69) is 6.92 Å². The molecule has 0 amide bonds. The van der Waals surface area contributed by atoms with Crippen LogP contribution in [0, 0.1) is 0 Å². The Labute approximate surface area is 122 Å². The largest absolute Gasteiger partial charge is 0.296 e. The van der Waals surface area contributed by atoms with Crippen LogP contribution in [0.15, 0.2) is 4.79 Å². The molecule has 1 aliphatic heterocycles. The maximum absolute atomic E-state index is 12.9. The lowest BCUT2D eigenvalue weighted by molar-refractivity contribution is 0.596. The monoisotopic (exact) mass is 288 g/mol. The minimum atomic E-state index is 0.234. The Morgan fingerprint density at radius 2 is 2.10 bits per heavy atom. The molecule has 3 nitrogen and oxygen atoms in total. The van der Waals surface area contributed by atoms with E-state index in [9.17, 15) is 4.79 Å². The second-order valence-corrected chi connectivity index (χ2v) is 7.29. The van der Waals surface area contributed by atoms with E-state index >= 15 is 0 Å². The van der Waals surface area contributed by atoms with Crippen molar-refractivity contribution in [2.45, 2.75) is 64.3 Å². The third-order valence-electron chi connectivity index (χ3n) is 4.82. The van der Waals surface area contributed by atoms with E-state index in [0.29, 0.717) is 5.92 Å². The van der Waals surface area contributed by atoms with Crippen molar-refractivity contribution in [2.24, 2.45) is 0 Å². The predicted molar refractivity (Wildman–Crippen MR) is 82.8 cm³/mol. The van der Waals surface area contributed by atoms with E-state index < -0.39 is 0 Å². The van der Waals surface area contributed by atoms with Crippen LogP contribution in [0.2, 0.25) is 0 Å². The number of fused-ring (bicyclic) bond motifs is 4. The molecule has 3 heterocycles. The average Bonchev–Trinajstić information content (AvgIpc) is 2.64. The second-order valence-electron chi connectivity index (χ2n) is 6.21. The van der Waals surface area contributed by atoms with Gasteiger partial charge in [0.1, 0.15) is 10.7 Å². The van der Waals surface area contributed by atoms with Crippen LogP contribution < -0.4 is 5.56 Å². The minimum absolute atomic E-state index is 0.234. The molecule has 0 radical (unpaired) electrons. The Morgan fingerprint density at radius 1 is 1.20 bits per heavy atom. The summed E-state index contributed by atoms with van der Waals surface area (Å²) in [6.45, 7) is 3.12. The van der Waals surface area contributed by atoms with Crippen molar-refractivity contribution in [3.05, 3.63) is 26.6 Å². The fourth-order valence-corrected chi connectivity index (χ4v) is 5.11. The maximum Gasteiger partial charge on any atom is 0.262 e. The molecular formula is C16H20N2OS. The zero-order valence-corrected chi connectivity index (χ0v) is 12.8. The number of hydrogen-bond acceptors (Lipinski definition) is 3. The molecule has 1 unspecified atom stereocenters. The van der Waals surface area contributed by atoms with E-state index in [1.54, 1.807) is 11.3 Å². The normalized spacial score (nSPS) is 22.4. The van der Waals surface area contributed by atoms with E-state index in [-0.39, 0.29) is 5.56 Å². The van der Waals surface area contributed by atoms with Crippen molar-refractivity contribution in [3.63, 3.8) is 0 Å². The summed E-state index contributed by atoms with van der Waals surface area (Å²) in [7, 11) is 0. The fraction of sp³-hybridized carbons (Fsp3) is 0.625. The van der Waals surface area contributed by atoms with Gasteiger partial charge in [-0.2, -0.15) is 0 Å². The number of aromatic nitrogens is 2. The van der Waals surface area contributed by atoms with Crippen LogP contribution in [0.3, 0.4) is 0 Å². The molecule has 0 saturated heterocycles. The van der Waals surface area contributed by atoms with Crippen LogP contribution in [0.1, 0.15) is 61.2 Å². The molecule has 1 aliphatic carbocycles. The summed E-state index contributed by atoms with van der Waals surface area (Å²) in [4.78, 5) is 20.2. The van der Waals surface area contributed by atoms with Crippen molar-refractivity contribution in [3.8, 4) is 0 Å². The number of nitrogens with zero attached hydrogens (tertiary/aromatic N) is 2. The van der Waals surface area contributed by atoms with Crippen LogP contribution >= 0.6 is 11.3 Å². The van der Waals surface area contributed by atoms with Gasteiger partial charge in [-0.25, -0.2) is 4.98 Å². The summed E-state index contributed by atoms with van der Waals surface area (Å²) in [6.07, 6.45) is 8.05. The molecule has 2 aromatic heterocycles. The van der Waals surface area contributed by atoms with Gasteiger partial charge < -0.3 is 0 Å². The van der Waals surface area contributed by atoms with E-state index in [0.717, 1.165) is 41.8 Å². The van der Waals surface area contributed by atoms with Gasteiger partial charge in [-0.05, 0) is 43.6 Å².